The molecule has 2 N–H and O–H groups in total. The maximum atomic E-state index is 10.1. The summed E-state index contributed by atoms with van der Waals surface area (Å²) < 4.78 is 0. The molecule has 2 atom stereocenters. The van der Waals surface area contributed by atoms with E-state index in [1.54, 1.807) is 36.4 Å². The van der Waals surface area contributed by atoms with Gasteiger partial charge < -0.3 is 10.2 Å². The van der Waals surface area contributed by atoms with Gasteiger partial charge in [-0.3, -0.25) is 4.79 Å². The van der Waals surface area contributed by atoms with Crippen LogP contribution in [0.3, 0.4) is 0 Å². The molecule has 1 aromatic rings. The molecule has 0 saturated carbocycles. The Morgan fingerprint density at radius 2 is 1.94 bits per heavy atom. The highest BCUT2D eigenvalue weighted by Crippen LogP contribution is 2.19. The zero-order valence-corrected chi connectivity index (χ0v) is 9.15. The van der Waals surface area contributed by atoms with Crippen LogP contribution >= 0.6 is 0 Å². The standard InChI is InChI=1S/C13H13NO3/c14-8-7-12(16)13(17)11-5-3-10(4-6-11)2-1-9-15/h1-6,9,12-13,16-17H,7H2/b2-1+. The summed E-state index contributed by atoms with van der Waals surface area (Å²) in [5, 5.41) is 27.6. The summed E-state index contributed by atoms with van der Waals surface area (Å²) in [7, 11) is 0. The van der Waals surface area contributed by atoms with Crippen molar-refractivity contribution in [2.75, 3.05) is 0 Å². The maximum Gasteiger partial charge on any atom is 0.142 e. The van der Waals surface area contributed by atoms with Crippen LogP contribution in [0.5, 0.6) is 0 Å². The van der Waals surface area contributed by atoms with Crippen LogP contribution in [0, 0.1) is 11.3 Å². The molecule has 0 saturated heterocycles. The summed E-state index contributed by atoms with van der Waals surface area (Å²) in [6, 6.07) is 8.53. The zero-order chi connectivity index (χ0) is 12.7. The molecule has 1 aromatic carbocycles. The first kappa shape index (κ1) is 13.1. The summed E-state index contributed by atoms with van der Waals surface area (Å²) in [6.07, 6.45) is 1.41. The Bertz CT molecular complexity index is 431. The highest BCUT2D eigenvalue weighted by molar-refractivity contribution is 5.73. The van der Waals surface area contributed by atoms with Crippen LogP contribution in [0.15, 0.2) is 30.3 Å². The number of carbonyl (C=O) groups is 1. The van der Waals surface area contributed by atoms with E-state index >= 15 is 0 Å². The molecule has 4 nitrogen and oxygen atoms in total. The topological polar surface area (TPSA) is 81.3 Å². The molecule has 17 heavy (non-hydrogen) atoms. The third kappa shape index (κ3) is 3.83. The SMILES string of the molecule is N#CCC(O)C(O)c1ccc(/C=C/C=O)cc1. The van der Waals surface area contributed by atoms with Crippen LogP contribution in [-0.4, -0.2) is 22.6 Å². The molecule has 0 aliphatic rings. The Balaban J connectivity index is 2.77. The minimum atomic E-state index is -1.09. The van der Waals surface area contributed by atoms with Gasteiger partial charge in [-0.15, -0.1) is 0 Å². The lowest BCUT2D eigenvalue weighted by Gasteiger charge is -2.15. The van der Waals surface area contributed by atoms with Gasteiger partial charge in [0, 0.05) is 0 Å². The largest absolute Gasteiger partial charge is 0.389 e. The number of hydrogen-bond acceptors (Lipinski definition) is 4. The van der Waals surface area contributed by atoms with Crippen LogP contribution in [0.2, 0.25) is 0 Å². The van der Waals surface area contributed by atoms with Gasteiger partial charge >= 0.3 is 0 Å². The van der Waals surface area contributed by atoms with E-state index in [1.165, 1.54) is 6.08 Å². The predicted octanol–water partition coefficient (Wildman–Crippen LogP) is 1.21. The van der Waals surface area contributed by atoms with E-state index in [2.05, 4.69) is 0 Å². The number of allylic oxidation sites excluding steroid dienone is 1. The van der Waals surface area contributed by atoms with Crippen molar-refractivity contribution in [3.05, 3.63) is 41.5 Å². The number of nitriles is 1. The molecular weight excluding hydrogens is 218 g/mol. The molecule has 0 aromatic heterocycles. The van der Waals surface area contributed by atoms with Gasteiger partial charge in [-0.2, -0.15) is 5.26 Å². The number of aliphatic hydroxyl groups is 2. The first-order chi connectivity index (χ1) is 8.19. The third-order valence-corrected chi connectivity index (χ3v) is 2.31. The van der Waals surface area contributed by atoms with Crippen LogP contribution in [0.4, 0.5) is 0 Å². The molecule has 2 unspecified atom stereocenters. The summed E-state index contributed by atoms with van der Waals surface area (Å²) in [5.41, 5.74) is 1.36. The first-order valence-corrected chi connectivity index (χ1v) is 5.14. The van der Waals surface area contributed by atoms with Gasteiger partial charge in [-0.05, 0) is 17.2 Å². The molecular formula is C13H13NO3. The molecule has 0 heterocycles. The predicted molar refractivity (Wildman–Crippen MR) is 62.7 cm³/mol. The number of aldehydes is 1. The van der Waals surface area contributed by atoms with Crippen LogP contribution in [0.1, 0.15) is 23.7 Å². The van der Waals surface area contributed by atoms with Crippen molar-refractivity contribution in [3.63, 3.8) is 0 Å². The second kappa shape index (κ2) is 6.59. The van der Waals surface area contributed by atoms with Gasteiger partial charge in [0.15, 0.2) is 0 Å². The highest BCUT2D eigenvalue weighted by atomic mass is 16.3. The Hall–Kier alpha value is -1.96. The van der Waals surface area contributed by atoms with E-state index in [0.717, 1.165) is 5.56 Å². The first-order valence-electron chi connectivity index (χ1n) is 5.14. The summed E-state index contributed by atoms with van der Waals surface area (Å²) in [6.45, 7) is 0. The van der Waals surface area contributed by atoms with E-state index in [-0.39, 0.29) is 6.42 Å². The molecule has 88 valence electrons. The quantitative estimate of drug-likeness (QED) is 0.589. The van der Waals surface area contributed by atoms with Crippen molar-refractivity contribution in [1.29, 1.82) is 5.26 Å². The van der Waals surface area contributed by atoms with Gasteiger partial charge in [0.25, 0.3) is 0 Å². The average Bonchev–Trinajstić information content (AvgIpc) is 2.36. The van der Waals surface area contributed by atoms with Gasteiger partial charge in [0.05, 0.1) is 18.6 Å². The second-order valence-corrected chi connectivity index (χ2v) is 3.54. The van der Waals surface area contributed by atoms with E-state index in [1.807, 2.05) is 0 Å². The van der Waals surface area contributed by atoms with Crippen molar-refractivity contribution >= 4 is 12.4 Å². The fraction of sp³-hybridized carbons (Fsp3) is 0.231. The average molecular weight is 231 g/mol. The van der Waals surface area contributed by atoms with Crippen molar-refractivity contribution in [2.45, 2.75) is 18.6 Å². The lowest BCUT2D eigenvalue weighted by molar-refractivity contribution is -0.104. The number of benzene rings is 1. The van der Waals surface area contributed by atoms with Crippen LogP contribution < -0.4 is 0 Å². The fourth-order valence-electron chi connectivity index (χ4n) is 1.38. The highest BCUT2D eigenvalue weighted by Gasteiger charge is 2.17. The molecule has 4 heteroatoms. The fourth-order valence-corrected chi connectivity index (χ4v) is 1.38. The summed E-state index contributed by atoms with van der Waals surface area (Å²) in [4.78, 5) is 10.1. The number of carbonyl (C=O) groups excluding carboxylic acids is 1. The minimum absolute atomic E-state index is 0.117. The lowest BCUT2D eigenvalue weighted by Crippen LogP contribution is -2.17. The van der Waals surface area contributed by atoms with Crippen LogP contribution in [0.25, 0.3) is 6.08 Å². The molecule has 0 aliphatic heterocycles. The lowest BCUT2D eigenvalue weighted by atomic mass is 10.0. The number of hydrogen-bond donors (Lipinski definition) is 2. The van der Waals surface area contributed by atoms with E-state index in [0.29, 0.717) is 11.8 Å². The molecule has 0 radical (unpaired) electrons. The number of aliphatic hydroxyl groups excluding tert-OH is 2. The normalized spacial score (nSPS) is 14.2. The van der Waals surface area contributed by atoms with Crippen molar-refractivity contribution < 1.29 is 15.0 Å². The van der Waals surface area contributed by atoms with Gasteiger partial charge in [0.2, 0.25) is 0 Å². The molecule has 0 fully saturated rings. The van der Waals surface area contributed by atoms with Gasteiger partial charge in [0.1, 0.15) is 12.4 Å². The van der Waals surface area contributed by atoms with Crippen molar-refractivity contribution in [3.8, 4) is 6.07 Å². The van der Waals surface area contributed by atoms with Crippen LogP contribution in [-0.2, 0) is 4.79 Å². The second-order valence-electron chi connectivity index (χ2n) is 3.54. The van der Waals surface area contributed by atoms with Gasteiger partial charge in [-0.25, -0.2) is 0 Å². The summed E-state index contributed by atoms with van der Waals surface area (Å²) >= 11 is 0. The maximum absolute atomic E-state index is 10.1. The molecule has 0 amide bonds. The monoisotopic (exact) mass is 231 g/mol. The van der Waals surface area contributed by atoms with Crippen molar-refractivity contribution in [1.82, 2.24) is 0 Å². The minimum Gasteiger partial charge on any atom is -0.389 e. The third-order valence-electron chi connectivity index (χ3n) is 2.31. The van der Waals surface area contributed by atoms with Crippen molar-refractivity contribution in [2.24, 2.45) is 0 Å². The van der Waals surface area contributed by atoms with E-state index in [4.69, 9.17) is 5.26 Å². The molecule has 0 aliphatic carbocycles. The zero-order valence-electron chi connectivity index (χ0n) is 9.15. The molecule has 0 bridgehead atoms. The number of nitrogens with zero attached hydrogens (tertiary/aromatic N) is 1. The Kier molecular flexibility index (Phi) is 5.08. The smallest absolute Gasteiger partial charge is 0.142 e. The Morgan fingerprint density at radius 1 is 1.29 bits per heavy atom. The summed E-state index contributed by atoms with van der Waals surface area (Å²) in [5.74, 6) is 0. The number of rotatable bonds is 5. The Labute approximate surface area is 99.4 Å². The van der Waals surface area contributed by atoms with Gasteiger partial charge in [-0.1, -0.05) is 30.3 Å². The van der Waals surface area contributed by atoms with E-state index in [9.17, 15) is 15.0 Å². The molecule has 0 spiro atoms. The molecule has 1 rings (SSSR count). The van der Waals surface area contributed by atoms with E-state index < -0.39 is 12.2 Å². The Morgan fingerprint density at radius 3 is 2.47 bits per heavy atom.